The van der Waals surface area contributed by atoms with Gasteiger partial charge < -0.3 is 9.80 Å². The van der Waals surface area contributed by atoms with Crippen molar-refractivity contribution >= 4 is 11.8 Å². The molecule has 1 aromatic carbocycles. The summed E-state index contributed by atoms with van der Waals surface area (Å²) in [5.74, 6) is 1.90. The fraction of sp³-hybridized carbons (Fsp3) is 0.630. The Hall–Kier alpha value is -2.10. The third-order valence-electron chi connectivity index (χ3n) is 7.57. The average Bonchev–Trinajstić information content (AvgIpc) is 2.84. The summed E-state index contributed by atoms with van der Waals surface area (Å²) in [4.78, 5) is 29.6. The van der Waals surface area contributed by atoms with Crippen LogP contribution < -0.4 is 0 Å². The van der Waals surface area contributed by atoms with Gasteiger partial charge in [-0.25, -0.2) is 0 Å². The van der Waals surface area contributed by atoms with E-state index < -0.39 is 0 Å². The van der Waals surface area contributed by atoms with Crippen molar-refractivity contribution in [1.29, 1.82) is 0 Å². The first-order valence-electron chi connectivity index (χ1n) is 12.5. The number of rotatable bonds is 6. The Morgan fingerprint density at radius 3 is 2.19 bits per heavy atom. The monoisotopic (exact) mass is 422 g/mol. The van der Waals surface area contributed by atoms with Crippen molar-refractivity contribution < 1.29 is 9.59 Å². The highest BCUT2D eigenvalue weighted by Gasteiger charge is 2.27. The van der Waals surface area contributed by atoms with Gasteiger partial charge in [0.15, 0.2) is 0 Å². The molecule has 0 N–H and O–H groups in total. The highest BCUT2D eigenvalue weighted by atomic mass is 16.2. The van der Waals surface area contributed by atoms with Gasteiger partial charge in [-0.3, -0.25) is 9.59 Å². The van der Waals surface area contributed by atoms with Gasteiger partial charge in [0.25, 0.3) is 0 Å². The summed E-state index contributed by atoms with van der Waals surface area (Å²) in [5, 5.41) is 0. The maximum atomic E-state index is 12.7. The lowest BCUT2D eigenvalue weighted by Gasteiger charge is -2.34. The van der Waals surface area contributed by atoms with Crippen LogP contribution in [0.3, 0.4) is 0 Å². The minimum absolute atomic E-state index is 0.271. The quantitative estimate of drug-likeness (QED) is 0.648. The van der Waals surface area contributed by atoms with Crippen LogP contribution in [-0.2, 0) is 16.0 Å². The van der Waals surface area contributed by atoms with Crippen LogP contribution in [0.15, 0.2) is 42.0 Å². The highest BCUT2D eigenvalue weighted by Crippen LogP contribution is 2.27. The molecule has 2 saturated heterocycles. The smallest absolute Gasteiger partial charge is 0.249 e. The summed E-state index contributed by atoms with van der Waals surface area (Å²) in [6, 6.07) is 10.7. The van der Waals surface area contributed by atoms with Crippen molar-refractivity contribution in [2.45, 2.75) is 70.6 Å². The number of hydrogen-bond acceptors (Lipinski definition) is 2. The van der Waals surface area contributed by atoms with E-state index in [9.17, 15) is 9.59 Å². The first-order valence-corrected chi connectivity index (χ1v) is 12.5. The molecule has 1 aromatic rings. The van der Waals surface area contributed by atoms with E-state index in [0.29, 0.717) is 24.2 Å². The SMILES string of the molecule is O=C(CCC1CCN(C(=O)C2=CCCCC2)CC1)N1CCC(Cc2ccccc2)CC1. The molecule has 2 amide bonds. The van der Waals surface area contributed by atoms with E-state index in [-0.39, 0.29) is 5.91 Å². The molecule has 2 heterocycles. The maximum Gasteiger partial charge on any atom is 0.249 e. The summed E-state index contributed by atoms with van der Waals surface area (Å²) in [6.45, 7) is 3.55. The van der Waals surface area contributed by atoms with Crippen molar-refractivity contribution in [3.05, 3.63) is 47.5 Å². The van der Waals surface area contributed by atoms with Crippen molar-refractivity contribution in [2.24, 2.45) is 11.8 Å². The molecule has 2 aliphatic heterocycles. The number of hydrogen-bond donors (Lipinski definition) is 0. The van der Waals surface area contributed by atoms with Crippen molar-refractivity contribution in [3.63, 3.8) is 0 Å². The zero-order valence-electron chi connectivity index (χ0n) is 18.9. The second kappa shape index (κ2) is 11.0. The molecule has 0 saturated carbocycles. The predicted octanol–water partition coefficient (Wildman–Crippen LogP) is 4.99. The Balaban J connectivity index is 1.13. The molecule has 3 aliphatic rings. The summed E-state index contributed by atoms with van der Waals surface area (Å²) in [5.41, 5.74) is 2.45. The molecule has 0 unspecified atom stereocenters. The summed E-state index contributed by atoms with van der Waals surface area (Å²) >= 11 is 0. The van der Waals surface area contributed by atoms with Gasteiger partial charge in [0.05, 0.1) is 0 Å². The zero-order valence-corrected chi connectivity index (χ0v) is 18.9. The number of carbonyl (C=O) groups excluding carboxylic acids is 2. The van der Waals surface area contributed by atoms with Gasteiger partial charge in [0, 0.05) is 38.2 Å². The molecule has 0 aromatic heterocycles. The molecule has 31 heavy (non-hydrogen) atoms. The molecule has 0 bridgehead atoms. The molecule has 0 spiro atoms. The zero-order chi connectivity index (χ0) is 21.5. The third kappa shape index (κ3) is 6.21. The van der Waals surface area contributed by atoms with Gasteiger partial charge in [-0.1, -0.05) is 36.4 Å². The second-order valence-corrected chi connectivity index (χ2v) is 9.76. The number of allylic oxidation sites excluding steroid dienone is 1. The van der Waals surface area contributed by atoms with Crippen molar-refractivity contribution in [2.75, 3.05) is 26.2 Å². The van der Waals surface area contributed by atoms with Crippen LogP contribution in [0.2, 0.25) is 0 Å². The van der Waals surface area contributed by atoms with E-state index in [1.54, 1.807) is 0 Å². The number of amides is 2. The van der Waals surface area contributed by atoms with Gasteiger partial charge in [-0.2, -0.15) is 0 Å². The Kier molecular flexibility index (Phi) is 7.82. The molecule has 4 heteroatoms. The second-order valence-electron chi connectivity index (χ2n) is 9.76. The molecule has 168 valence electrons. The highest BCUT2D eigenvalue weighted by molar-refractivity contribution is 5.93. The van der Waals surface area contributed by atoms with Gasteiger partial charge in [-0.05, 0) is 81.6 Å². The number of piperidine rings is 2. The fourth-order valence-corrected chi connectivity index (χ4v) is 5.48. The lowest BCUT2D eigenvalue weighted by molar-refractivity contribution is -0.133. The Bertz CT molecular complexity index is 757. The molecular weight excluding hydrogens is 384 g/mol. The van der Waals surface area contributed by atoms with Crippen LogP contribution in [0.1, 0.15) is 69.8 Å². The minimum atomic E-state index is 0.271. The molecular formula is C27H38N2O2. The van der Waals surface area contributed by atoms with E-state index in [0.717, 1.165) is 89.5 Å². The van der Waals surface area contributed by atoms with Crippen LogP contribution in [0, 0.1) is 11.8 Å². The average molecular weight is 423 g/mol. The first-order chi connectivity index (χ1) is 15.2. The first kappa shape index (κ1) is 22.1. The molecule has 2 fully saturated rings. The number of nitrogens with zero attached hydrogens (tertiary/aromatic N) is 2. The summed E-state index contributed by atoms with van der Waals surface area (Å²) in [7, 11) is 0. The van der Waals surface area contributed by atoms with Gasteiger partial charge in [0.1, 0.15) is 0 Å². The van der Waals surface area contributed by atoms with Crippen LogP contribution >= 0.6 is 0 Å². The van der Waals surface area contributed by atoms with Gasteiger partial charge in [0.2, 0.25) is 11.8 Å². The number of carbonyl (C=O) groups is 2. The number of benzene rings is 1. The molecule has 0 radical (unpaired) electrons. The third-order valence-corrected chi connectivity index (χ3v) is 7.57. The maximum absolute atomic E-state index is 12.7. The molecule has 1 aliphatic carbocycles. The Morgan fingerprint density at radius 1 is 0.839 bits per heavy atom. The van der Waals surface area contributed by atoms with Crippen LogP contribution in [0.4, 0.5) is 0 Å². The van der Waals surface area contributed by atoms with E-state index in [2.05, 4.69) is 41.3 Å². The summed E-state index contributed by atoms with van der Waals surface area (Å²) < 4.78 is 0. The number of likely N-dealkylation sites (tertiary alicyclic amines) is 2. The molecule has 4 nitrogen and oxygen atoms in total. The predicted molar refractivity (Wildman–Crippen MR) is 125 cm³/mol. The molecule has 4 rings (SSSR count). The standard InChI is InChI=1S/C27H38N2O2/c30-26(28-17-15-24(16-18-28)21-23-7-3-1-4-8-23)12-11-22-13-19-29(20-14-22)27(31)25-9-5-2-6-10-25/h1,3-4,7-9,22,24H,2,5-6,10-21H2. The minimum Gasteiger partial charge on any atom is -0.343 e. The van der Waals surface area contributed by atoms with Gasteiger partial charge >= 0.3 is 0 Å². The van der Waals surface area contributed by atoms with Gasteiger partial charge in [-0.15, -0.1) is 0 Å². The Labute approximate surface area is 187 Å². The normalized spacial score (nSPS) is 21.1. The lowest BCUT2D eigenvalue weighted by Crippen LogP contribution is -2.40. The van der Waals surface area contributed by atoms with E-state index in [1.807, 2.05) is 4.90 Å². The van der Waals surface area contributed by atoms with E-state index in [1.165, 1.54) is 12.0 Å². The fourth-order valence-electron chi connectivity index (χ4n) is 5.48. The van der Waals surface area contributed by atoms with Crippen LogP contribution in [0.25, 0.3) is 0 Å². The van der Waals surface area contributed by atoms with Crippen molar-refractivity contribution in [1.82, 2.24) is 9.80 Å². The largest absolute Gasteiger partial charge is 0.343 e. The topological polar surface area (TPSA) is 40.6 Å². The van der Waals surface area contributed by atoms with Crippen molar-refractivity contribution in [3.8, 4) is 0 Å². The molecule has 0 atom stereocenters. The Morgan fingerprint density at radius 2 is 1.52 bits per heavy atom. The van der Waals surface area contributed by atoms with E-state index in [4.69, 9.17) is 0 Å². The van der Waals surface area contributed by atoms with Crippen LogP contribution in [-0.4, -0.2) is 47.8 Å². The lowest BCUT2D eigenvalue weighted by atomic mass is 9.89. The summed E-state index contributed by atoms with van der Waals surface area (Å²) in [6.07, 6.45) is 13.7. The van der Waals surface area contributed by atoms with E-state index >= 15 is 0 Å². The van der Waals surface area contributed by atoms with Crippen LogP contribution in [0.5, 0.6) is 0 Å².